The van der Waals surface area contributed by atoms with Gasteiger partial charge in [-0.05, 0) is 57.6 Å². The highest BCUT2D eigenvalue weighted by Crippen LogP contribution is 2.34. The Bertz CT molecular complexity index is 1570. The highest BCUT2D eigenvalue weighted by Gasteiger charge is 2.42. The molecule has 0 saturated carbocycles. The maximum atomic E-state index is 12.5. The Morgan fingerprint density at radius 1 is 0.944 bits per heavy atom. The fourth-order valence-electron chi connectivity index (χ4n) is 6.56. The third-order valence-electron chi connectivity index (χ3n) is 9.51. The molecule has 1 aromatic rings. The molecule has 3 heterocycles. The molecule has 4 rings (SSSR count). The van der Waals surface area contributed by atoms with E-state index in [1.807, 2.05) is 11.8 Å². The molecule has 296 valence electrons. The molecule has 0 aromatic heterocycles. The number of hydrogen-bond acceptors (Lipinski definition) is 12. The van der Waals surface area contributed by atoms with Gasteiger partial charge in [0.15, 0.2) is 0 Å². The number of hydrogen-bond donors (Lipinski definition) is 4. The largest absolute Gasteiger partial charge is 0.493 e. The van der Waals surface area contributed by atoms with Gasteiger partial charge in [-0.2, -0.15) is 11.8 Å². The average molecular weight is 775 g/mol. The van der Waals surface area contributed by atoms with E-state index in [-0.39, 0.29) is 79.1 Å². The zero-order valence-electron chi connectivity index (χ0n) is 30.8. The SMILES string of the molecule is Cc1cc(C(C)NC(=O)CCC(=O)ON2C(=O)CCC2=O)c([N+](=O)[O-])cc1OCCCC(=O)NCCCCCC(=O)CCCCC1SCC2NC(=O)NC21. The molecule has 1 aromatic carbocycles. The highest BCUT2D eigenvalue weighted by atomic mass is 32.2. The molecule has 0 aliphatic carbocycles. The summed E-state index contributed by atoms with van der Waals surface area (Å²) in [6, 6.07) is 2.35. The number of carbonyl (C=O) groups excluding carboxylic acids is 7. The number of hydroxylamine groups is 2. The fourth-order valence-corrected chi connectivity index (χ4v) is 8.11. The summed E-state index contributed by atoms with van der Waals surface area (Å²) in [5, 5.41) is 24.1. The van der Waals surface area contributed by atoms with Gasteiger partial charge in [-0.3, -0.25) is 34.1 Å². The van der Waals surface area contributed by atoms with E-state index in [1.54, 1.807) is 19.9 Å². The van der Waals surface area contributed by atoms with Crippen LogP contribution in [0.15, 0.2) is 12.1 Å². The predicted octanol–water partition coefficient (Wildman–Crippen LogP) is 3.60. The van der Waals surface area contributed by atoms with E-state index in [1.165, 1.54) is 6.07 Å². The van der Waals surface area contributed by atoms with Gasteiger partial charge in [-0.25, -0.2) is 9.59 Å². The summed E-state index contributed by atoms with van der Waals surface area (Å²) in [6.07, 6.45) is 6.06. The van der Waals surface area contributed by atoms with Crippen LogP contribution in [0.3, 0.4) is 0 Å². The van der Waals surface area contributed by atoms with Crippen molar-refractivity contribution in [2.45, 2.75) is 127 Å². The molecule has 17 nitrogen and oxygen atoms in total. The van der Waals surface area contributed by atoms with Gasteiger partial charge in [0.1, 0.15) is 11.5 Å². The van der Waals surface area contributed by atoms with Gasteiger partial charge in [-0.15, -0.1) is 5.06 Å². The molecular formula is C36H50N6O11S. The minimum atomic E-state index is -0.932. The van der Waals surface area contributed by atoms with E-state index in [0.29, 0.717) is 41.7 Å². The van der Waals surface area contributed by atoms with Gasteiger partial charge in [0, 0.05) is 56.1 Å². The van der Waals surface area contributed by atoms with Gasteiger partial charge >= 0.3 is 12.0 Å². The van der Waals surface area contributed by atoms with Gasteiger partial charge in [0.25, 0.3) is 17.5 Å². The summed E-state index contributed by atoms with van der Waals surface area (Å²) < 4.78 is 5.76. The molecule has 4 atom stereocenters. The number of urea groups is 1. The molecule has 0 radical (unpaired) electrons. The van der Waals surface area contributed by atoms with Crippen LogP contribution in [0.25, 0.3) is 0 Å². The number of thioether (sulfide) groups is 1. The van der Waals surface area contributed by atoms with Crippen molar-refractivity contribution < 1.29 is 48.1 Å². The number of carbonyl (C=O) groups is 7. The minimum Gasteiger partial charge on any atom is -0.493 e. The number of fused-ring (bicyclic) bond motifs is 1. The van der Waals surface area contributed by atoms with Crippen molar-refractivity contribution in [2.75, 3.05) is 18.9 Å². The van der Waals surface area contributed by atoms with Crippen LogP contribution >= 0.6 is 11.8 Å². The maximum Gasteiger partial charge on any atom is 0.333 e. The third kappa shape index (κ3) is 12.7. The maximum absolute atomic E-state index is 12.5. The molecular weight excluding hydrogens is 724 g/mol. The lowest BCUT2D eigenvalue weighted by Gasteiger charge is -2.17. The first-order valence-corrected chi connectivity index (χ1v) is 19.6. The zero-order chi connectivity index (χ0) is 39.2. The molecule has 3 aliphatic rings. The van der Waals surface area contributed by atoms with E-state index < -0.39 is 41.1 Å². The first-order chi connectivity index (χ1) is 25.8. The molecule has 54 heavy (non-hydrogen) atoms. The fraction of sp³-hybridized carbons (Fsp3) is 0.639. The molecule has 18 heteroatoms. The van der Waals surface area contributed by atoms with Crippen molar-refractivity contribution in [3.8, 4) is 5.75 Å². The van der Waals surface area contributed by atoms with Crippen LogP contribution in [0.2, 0.25) is 0 Å². The van der Waals surface area contributed by atoms with Crippen molar-refractivity contribution >= 4 is 58.9 Å². The Balaban J connectivity index is 1.05. The van der Waals surface area contributed by atoms with E-state index in [9.17, 15) is 43.7 Å². The minimum absolute atomic E-state index is 0.0524. The Morgan fingerprint density at radius 3 is 2.39 bits per heavy atom. The number of amides is 6. The van der Waals surface area contributed by atoms with Crippen LogP contribution in [0.5, 0.6) is 5.75 Å². The molecule has 6 amide bonds. The van der Waals surface area contributed by atoms with Gasteiger partial charge < -0.3 is 30.8 Å². The Morgan fingerprint density at radius 2 is 1.67 bits per heavy atom. The van der Waals surface area contributed by atoms with Crippen LogP contribution in [0.4, 0.5) is 10.5 Å². The quantitative estimate of drug-likeness (QED) is 0.0411. The number of aryl methyl sites for hydroxylation is 1. The molecule has 4 unspecified atom stereocenters. The molecule has 0 bridgehead atoms. The number of Topliss-reactive ketones (excluding diaryl/α,β-unsaturated/α-hetero) is 1. The first kappa shape index (κ1) is 42.0. The summed E-state index contributed by atoms with van der Waals surface area (Å²) in [6.45, 7) is 3.92. The lowest BCUT2D eigenvalue weighted by molar-refractivity contribution is -0.385. The predicted molar refractivity (Wildman–Crippen MR) is 196 cm³/mol. The molecule has 3 saturated heterocycles. The van der Waals surface area contributed by atoms with Crippen molar-refractivity contribution in [3.05, 3.63) is 33.4 Å². The van der Waals surface area contributed by atoms with Gasteiger partial charge in [-0.1, -0.05) is 12.8 Å². The van der Waals surface area contributed by atoms with E-state index >= 15 is 0 Å². The van der Waals surface area contributed by atoms with Crippen LogP contribution in [-0.4, -0.2) is 87.6 Å². The number of benzene rings is 1. The summed E-state index contributed by atoms with van der Waals surface area (Å²) in [5.74, 6) is -1.45. The lowest BCUT2D eigenvalue weighted by atomic mass is 10.0. The van der Waals surface area contributed by atoms with Crippen molar-refractivity contribution in [3.63, 3.8) is 0 Å². The number of nitro groups is 1. The number of nitro benzene ring substituents is 1. The molecule has 3 aliphatic heterocycles. The highest BCUT2D eigenvalue weighted by molar-refractivity contribution is 8.00. The number of imide groups is 1. The van der Waals surface area contributed by atoms with E-state index in [4.69, 9.17) is 9.57 Å². The summed E-state index contributed by atoms with van der Waals surface area (Å²) in [7, 11) is 0. The van der Waals surface area contributed by atoms with Crippen LogP contribution in [0.1, 0.15) is 114 Å². The van der Waals surface area contributed by atoms with E-state index in [2.05, 4.69) is 21.3 Å². The molecule has 4 N–H and O–H groups in total. The second-order valence-corrected chi connectivity index (χ2v) is 15.1. The number of nitrogens with one attached hydrogen (secondary N) is 4. The number of ether oxygens (including phenoxy) is 1. The smallest absolute Gasteiger partial charge is 0.333 e. The van der Waals surface area contributed by atoms with Crippen molar-refractivity contribution in [1.29, 1.82) is 0 Å². The Labute approximate surface area is 317 Å². The average Bonchev–Trinajstić information content (AvgIpc) is 3.79. The van der Waals surface area contributed by atoms with E-state index in [0.717, 1.165) is 44.3 Å². The number of nitrogens with zero attached hydrogens (tertiary/aromatic N) is 2. The van der Waals surface area contributed by atoms with Crippen LogP contribution < -0.4 is 26.0 Å². The van der Waals surface area contributed by atoms with Gasteiger partial charge in [0.05, 0.1) is 47.7 Å². The zero-order valence-corrected chi connectivity index (χ0v) is 31.6. The first-order valence-electron chi connectivity index (χ1n) is 18.6. The standard InChI is InChI=1S/C36H50N6O11S/c1-22-19-25(23(2)38-31(45)13-16-34(48)53-41-32(46)14-15-33(41)47)27(42(50)51)20-28(22)52-18-8-12-30(44)37-17-7-3-4-9-24(43)10-5-6-11-29-35-26(21-54-29)39-36(49)40-35/h19-20,23,26,29,35H,3-18,21H2,1-2H3,(H,37,44)(H,38,45)(H2,39,40,49). The third-order valence-corrected chi connectivity index (χ3v) is 11.0. The molecule has 0 spiro atoms. The second kappa shape index (κ2) is 20.6. The topological polar surface area (TPSA) is 232 Å². The monoisotopic (exact) mass is 774 g/mol. The summed E-state index contributed by atoms with van der Waals surface area (Å²) >= 11 is 1.88. The number of ketones is 1. The Kier molecular flexibility index (Phi) is 16.1. The van der Waals surface area contributed by atoms with Crippen LogP contribution in [0, 0.1) is 17.0 Å². The molecule has 3 fully saturated rings. The number of unbranched alkanes of at least 4 members (excludes halogenated alkanes) is 3. The lowest BCUT2D eigenvalue weighted by Crippen LogP contribution is -2.36. The summed E-state index contributed by atoms with van der Waals surface area (Å²) in [4.78, 5) is 99.8. The van der Waals surface area contributed by atoms with Gasteiger partial charge in [0.2, 0.25) is 11.8 Å². The van der Waals surface area contributed by atoms with Crippen molar-refractivity contribution in [2.24, 2.45) is 0 Å². The Hall–Kier alpha value is -4.74. The van der Waals surface area contributed by atoms with Crippen molar-refractivity contribution in [1.82, 2.24) is 26.3 Å². The van der Waals surface area contributed by atoms with Crippen LogP contribution in [-0.2, 0) is 33.6 Å². The number of rotatable bonds is 23. The normalized spacial score (nSPS) is 19.5. The second-order valence-electron chi connectivity index (χ2n) is 13.8. The summed E-state index contributed by atoms with van der Waals surface area (Å²) in [5.41, 5.74) is 0.538.